The lowest BCUT2D eigenvalue weighted by Gasteiger charge is -2.36. The highest BCUT2D eigenvalue weighted by Gasteiger charge is 2.25. The smallest absolute Gasteiger partial charge is 0.317 e. The molecule has 0 unspecified atom stereocenters. The molecule has 1 aromatic rings. The zero-order chi connectivity index (χ0) is 15.5. The molecule has 0 aromatic heterocycles. The fourth-order valence-corrected chi connectivity index (χ4v) is 2.62. The van der Waals surface area contributed by atoms with Crippen LogP contribution in [0.5, 0.6) is 0 Å². The van der Waals surface area contributed by atoms with Crippen LogP contribution in [0.15, 0.2) is 24.3 Å². The lowest BCUT2D eigenvalue weighted by Crippen LogP contribution is -2.52. The Labute approximate surface area is 129 Å². The fourth-order valence-electron chi connectivity index (χ4n) is 2.62. The summed E-state index contributed by atoms with van der Waals surface area (Å²) < 4.78 is 0. The number of non-ortho nitro benzene ring substituents is 1. The maximum atomic E-state index is 12.0. The average Bonchev–Trinajstić information content (AvgIpc) is 3.37. The van der Waals surface area contributed by atoms with Crippen molar-refractivity contribution in [2.75, 3.05) is 37.6 Å². The van der Waals surface area contributed by atoms with Gasteiger partial charge in [-0.3, -0.25) is 10.1 Å². The number of anilines is 1. The Morgan fingerprint density at radius 1 is 1.18 bits per heavy atom. The molecule has 2 fully saturated rings. The van der Waals surface area contributed by atoms with Crippen LogP contribution in [0.25, 0.3) is 0 Å². The van der Waals surface area contributed by atoms with Crippen LogP contribution < -0.4 is 10.2 Å². The quantitative estimate of drug-likeness (QED) is 0.680. The third kappa shape index (κ3) is 3.47. The molecule has 1 saturated carbocycles. The second-order valence-electron chi connectivity index (χ2n) is 5.88. The molecule has 2 aliphatic rings. The number of rotatable bonds is 4. The van der Waals surface area contributed by atoms with E-state index < -0.39 is 4.92 Å². The molecule has 1 aliphatic heterocycles. The molecule has 22 heavy (non-hydrogen) atoms. The van der Waals surface area contributed by atoms with Gasteiger partial charge in [-0.05, 0) is 30.9 Å². The largest absolute Gasteiger partial charge is 0.368 e. The Hall–Kier alpha value is -2.31. The number of carbonyl (C=O) groups excluding carboxylic acids is 1. The zero-order valence-electron chi connectivity index (χ0n) is 12.4. The van der Waals surface area contributed by atoms with Crippen LogP contribution in [0.4, 0.5) is 16.2 Å². The maximum Gasteiger partial charge on any atom is 0.317 e. The fraction of sp³-hybridized carbons (Fsp3) is 0.533. The second-order valence-corrected chi connectivity index (χ2v) is 5.88. The molecule has 1 saturated heterocycles. The topological polar surface area (TPSA) is 78.7 Å². The van der Waals surface area contributed by atoms with Gasteiger partial charge in [-0.25, -0.2) is 4.79 Å². The van der Waals surface area contributed by atoms with Crippen molar-refractivity contribution in [2.24, 2.45) is 5.92 Å². The third-order valence-electron chi connectivity index (χ3n) is 4.23. The minimum atomic E-state index is -0.397. The predicted molar refractivity (Wildman–Crippen MR) is 83.0 cm³/mol. The summed E-state index contributed by atoms with van der Waals surface area (Å²) in [5, 5.41) is 13.6. The highest BCUT2D eigenvalue weighted by atomic mass is 16.6. The number of benzene rings is 1. The van der Waals surface area contributed by atoms with Gasteiger partial charge in [0.2, 0.25) is 0 Å². The third-order valence-corrected chi connectivity index (χ3v) is 4.23. The molecule has 0 atom stereocenters. The predicted octanol–water partition coefficient (Wildman–Crippen LogP) is 1.84. The number of piperazine rings is 1. The molecule has 0 radical (unpaired) electrons. The summed E-state index contributed by atoms with van der Waals surface area (Å²) in [4.78, 5) is 26.3. The van der Waals surface area contributed by atoms with Crippen LogP contribution >= 0.6 is 0 Å². The van der Waals surface area contributed by atoms with Crippen molar-refractivity contribution in [3.63, 3.8) is 0 Å². The maximum absolute atomic E-state index is 12.0. The van der Waals surface area contributed by atoms with E-state index in [1.807, 2.05) is 4.90 Å². The molecule has 0 bridgehead atoms. The Morgan fingerprint density at radius 2 is 1.82 bits per heavy atom. The van der Waals surface area contributed by atoms with E-state index in [4.69, 9.17) is 0 Å². The van der Waals surface area contributed by atoms with E-state index in [1.54, 1.807) is 12.1 Å². The molecule has 1 aromatic carbocycles. The summed E-state index contributed by atoms with van der Waals surface area (Å²) in [6, 6.07) is 6.59. The van der Waals surface area contributed by atoms with Crippen LogP contribution in [0.2, 0.25) is 0 Å². The van der Waals surface area contributed by atoms with E-state index in [-0.39, 0.29) is 11.7 Å². The molecule has 118 valence electrons. The van der Waals surface area contributed by atoms with Crippen molar-refractivity contribution in [1.82, 2.24) is 10.2 Å². The van der Waals surface area contributed by atoms with Gasteiger partial charge in [-0.1, -0.05) is 0 Å². The Kier molecular flexibility index (Phi) is 4.13. The lowest BCUT2D eigenvalue weighted by atomic mass is 10.2. The molecule has 1 heterocycles. The molecule has 2 amide bonds. The molecule has 7 heteroatoms. The van der Waals surface area contributed by atoms with E-state index in [2.05, 4.69) is 10.2 Å². The van der Waals surface area contributed by atoms with Gasteiger partial charge < -0.3 is 15.1 Å². The summed E-state index contributed by atoms with van der Waals surface area (Å²) in [5.74, 6) is 0.686. The minimum Gasteiger partial charge on any atom is -0.368 e. The first-order valence-corrected chi connectivity index (χ1v) is 7.65. The van der Waals surface area contributed by atoms with Crippen molar-refractivity contribution in [1.29, 1.82) is 0 Å². The number of nitro benzene ring substituents is 1. The van der Waals surface area contributed by atoms with E-state index in [1.165, 1.54) is 25.0 Å². The van der Waals surface area contributed by atoms with E-state index in [0.29, 0.717) is 19.0 Å². The summed E-state index contributed by atoms with van der Waals surface area (Å²) in [7, 11) is 0. The van der Waals surface area contributed by atoms with Crippen LogP contribution in [0, 0.1) is 16.0 Å². The van der Waals surface area contributed by atoms with Crippen LogP contribution in [0.1, 0.15) is 12.8 Å². The Balaban J connectivity index is 1.50. The minimum absolute atomic E-state index is 0.0234. The monoisotopic (exact) mass is 304 g/mol. The zero-order valence-corrected chi connectivity index (χ0v) is 12.4. The molecular formula is C15H20N4O3. The number of nitrogens with zero attached hydrogens (tertiary/aromatic N) is 3. The van der Waals surface area contributed by atoms with Crippen molar-refractivity contribution in [3.8, 4) is 0 Å². The number of carbonyl (C=O) groups is 1. The van der Waals surface area contributed by atoms with Crippen molar-refractivity contribution in [3.05, 3.63) is 34.4 Å². The van der Waals surface area contributed by atoms with E-state index >= 15 is 0 Å². The summed E-state index contributed by atoms with van der Waals surface area (Å²) in [5.41, 5.74) is 1.06. The number of hydrogen-bond acceptors (Lipinski definition) is 4. The van der Waals surface area contributed by atoms with E-state index in [9.17, 15) is 14.9 Å². The van der Waals surface area contributed by atoms with Gasteiger partial charge in [0.15, 0.2) is 0 Å². The average molecular weight is 304 g/mol. The first kappa shape index (κ1) is 14.6. The molecular weight excluding hydrogens is 284 g/mol. The molecule has 1 N–H and O–H groups in total. The number of nitrogens with one attached hydrogen (secondary N) is 1. The highest BCUT2D eigenvalue weighted by Crippen LogP contribution is 2.27. The first-order chi connectivity index (χ1) is 10.6. The van der Waals surface area contributed by atoms with Crippen molar-refractivity contribution < 1.29 is 9.72 Å². The number of hydrogen-bond donors (Lipinski definition) is 1. The van der Waals surface area contributed by atoms with Crippen molar-refractivity contribution in [2.45, 2.75) is 12.8 Å². The van der Waals surface area contributed by atoms with Gasteiger partial charge in [0.05, 0.1) is 4.92 Å². The van der Waals surface area contributed by atoms with Gasteiger partial charge in [-0.15, -0.1) is 0 Å². The lowest BCUT2D eigenvalue weighted by molar-refractivity contribution is -0.384. The normalized spacial score (nSPS) is 18.2. The highest BCUT2D eigenvalue weighted by molar-refractivity contribution is 5.74. The molecule has 3 rings (SSSR count). The first-order valence-electron chi connectivity index (χ1n) is 7.65. The van der Waals surface area contributed by atoms with Crippen LogP contribution in [-0.4, -0.2) is 48.6 Å². The number of nitro groups is 1. The second kappa shape index (κ2) is 6.21. The number of amides is 2. The Morgan fingerprint density at radius 3 is 2.36 bits per heavy atom. The van der Waals surface area contributed by atoms with E-state index in [0.717, 1.165) is 25.3 Å². The SMILES string of the molecule is O=C(NCC1CC1)N1CCN(c2ccc([N+](=O)[O-])cc2)CC1. The molecule has 1 aliphatic carbocycles. The standard InChI is InChI=1S/C15H20N4O3/c20-15(16-11-12-1-2-12)18-9-7-17(8-10-18)13-3-5-14(6-4-13)19(21)22/h3-6,12H,1-2,7-11H2,(H,16,20). The van der Waals surface area contributed by atoms with Crippen LogP contribution in [-0.2, 0) is 0 Å². The van der Waals surface area contributed by atoms with Crippen LogP contribution in [0.3, 0.4) is 0 Å². The van der Waals surface area contributed by atoms with Gasteiger partial charge in [0.25, 0.3) is 5.69 Å². The number of urea groups is 1. The molecule has 0 spiro atoms. The Bertz CT molecular complexity index is 548. The van der Waals surface area contributed by atoms with Gasteiger partial charge in [-0.2, -0.15) is 0 Å². The molecule has 7 nitrogen and oxygen atoms in total. The van der Waals surface area contributed by atoms with Gasteiger partial charge >= 0.3 is 6.03 Å². The van der Waals surface area contributed by atoms with Gasteiger partial charge in [0.1, 0.15) is 0 Å². The summed E-state index contributed by atoms with van der Waals surface area (Å²) in [6.45, 7) is 3.63. The van der Waals surface area contributed by atoms with Gasteiger partial charge in [0, 0.05) is 50.5 Å². The summed E-state index contributed by atoms with van der Waals surface area (Å²) in [6.07, 6.45) is 2.46. The van der Waals surface area contributed by atoms with Crippen molar-refractivity contribution >= 4 is 17.4 Å². The summed E-state index contributed by atoms with van der Waals surface area (Å²) >= 11 is 0.